The van der Waals surface area contributed by atoms with E-state index in [4.69, 9.17) is 0 Å². The highest BCUT2D eigenvalue weighted by Crippen LogP contribution is 2.43. The fourth-order valence-electron chi connectivity index (χ4n) is 2.03. The zero-order valence-electron chi connectivity index (χ0n) is 9.69. The van der Waals surface area contributed by atoms with E-state index in [0.29, 0.717) is 6.54 Å². The molecule has 1 fully saturated rings. The van der Waals surface area contributed by atoms with Gasteiger partial charge in [-0.1, -0.05) is 0 Å². The minimum atomic E-state index is -0.474. The molecule has 2 N–H and O–H groups in total. The van der Waals surface area contributed by atoms with Gasteiger partial charge in [-0.05, 0) is 40.9 Å². The minimum Gasteiger partial charge on any atom is -0.364 e. The van der Waals surface area contributed by atoms with Crippen molar-refractivity contribution in [3.8, 4) is 0 Å². The van der Waals surface area contributed by atoms with Crippen LogP contribution in [0, 0.1) is 0 Å². The van der Waals surface area contributed by atoms with Crippen molar-refractivity contribution >= 4 is 21.8 Å². The topological polar surface area (TPSA) is 62.7 Å². The maximum Gasteiger partial charge on any atom is 0.248 e. The zero-order chi connectivity index (χ0) is 12.6. The summed E-state index contributed by atoms with van der Waals surface area (Å²) < 4.78 is 2.65. The van der Waals surface area contributed by atoms with E-state index in [1.807, 2.05) is 24.5 Å². The van der Waals surface area contributed by atoms with E-state index in [0.717, 1.165) is 23.0 Å². The Morgan fingerprint density at radius 2 is 2.44 bits per heavy atom. The van der Waals surface area contributed by atoms with E-state index < -0.39 is 5.54 Å². The molecule has 0 aromatic carbocycles. The van der Waals surface area contributed by atoms with Gasteiger partial charge in [-0.25, -0.2) is 0 Å². The standard InChI is InChI=1S/C12H13BrN4O/c13-9-6-16-17(8-9)12(3-4-12)11(18)15-7-10-2-1-5-14-10/h1-2,5-6,8,14H,3-4,7H2,(H,15,18). The van der Waals surface area contributed by atoms with Crippen LogP contribution < -0.4 is 5.32 Å². The Kier molecular flexibility index (Phi) is 2.74. The average Bonchev–Trinajstić information content (AvgIpc) is 2.81. The summed E-state index contributed by atoms with van der Waals surface area (Å²) in [5.41, 5.74) is 0.527. The fourth-order valence-corrected chi connectivity index (χ4v) is 2.32. The first kappa shape index (κ1) is 11.5. The molecule has 2 heterocycles. The highest BCUT2D eigenvalue weighted by Gasteiger charge is 2.52. The Morgan fingerprint density at radius 3 is 3.00 bits per heavy atom. The summed E-state index contributed by atoms with van der Waals surface area (Å²) in [6.07, 6.45) is 7.09. The second-order valence-corrected chi connectivity index (χ2v) is 5.43. The Hall–Kier alpha value is -1.56. The molecule has 3 rings (SSSR count). The molecule has 2 aromatic heterocycles. The van der Waals surface area contributed by atoms with Gasteiger partial charge in [0.25, 0.3) is 0 Å². The summed E-state index contributed by atoms with van der Waals surface area (Å²) in [6.45, 7) is 0.524. The number of nitrogens with zero attached hydrogens (tertiary/aromatic N) is 2. The van der Waals surface area contributed by atoms with E-state index in [2.05, 4.69) is 31.3 Å². The Morgan fingerprint density at radius 1 is 1.61 bits per heavy atom. The van der Waals surface area contributed by atoms with Crippen LogP contribution in [0.25, 0.3) is 0 Å². The van der Waals surface area contributed by atoms with E-state index in [1.54, 1.807) is 10.9 Å². The molecule has 0 saturated heterocycles. The second-order valence-electron chi connectivity index (χ2n) is 4.51. The number of H-pyrrole nitrogens is 1. The van der Waals surface area contributed by atoms with Gasteiger partial charge in [-0.2, -0.15) is 5.10 Å². The average molecular weight is 309 g/mol. The number of rotatable bonds is 4. The van der Waals surface area contributed by atoms with E-state index >= 15 is 0 Å². The van der Waals surface area contributed by atoms with Gasteiger partial charge in [0.1, 0.15) is 5.54 Å². The van der Waals surface area contributed by atoms with Gasteiger partial charge in [-0.15, -0.1) is 0 Å². The number of hydrogen-bond donors (Lipinski definition) is 2. The predicted molar refractivity (Wildman–Crippen MR) is 69.8 cm³/mol. The van der Waals surface area contributed by atoms with Gasteiger partial charge in [-0.3, -0.25) is 9.48 Å². The number of halogens is 1. The highest BCUT2D eigenvalue weighted by atomic mass is 79.9. The number of carbonyl (C=O) groups excluding carboxylic acids is 1. The van der Waals surface area contributed by atoms with Crippen LogP contribution in [0.3, 0.4) is 0 Å². The third-order valence-electron chi connectivity index (χ3n) is 3.24. The van der Waals surface area contributed by atoms with Gasteiger partial charge in [0.15, 0.2) is 0 Å². The quantitative estimate of drug-likeness (QED) is 0.904. The first-order valence-corrected chi connectivity index (χ1v) is 6.61. The maximum absolute atomic E-state index is 12.2. The van der Waals surface area contributed by atoms with Crippen molar-refractivity contribution in [2.75, 3.05) is 0 Å². The molecule has 1 saturated carbocycles. The lowest BCUT2D eigenvalue weighted by molar-refractivity contribution is -0.126. The summed E-state index contributed by atoms with van der Waals surface area (Å²) in [6, 6.07) is 3.86. The Balaban J connectivity index is 1.69. The molecule has 1 aliphatic carbocycles. The van der Waals surface area contributed by atoms with Crippen LogP contribution in [0.1, 0.15) is 18.5 Å². The molecule has 1 aliphatic rings. The molecule has 0 bridgehead atoms. The van der Waals surface area contributed by atoms with Gasteiger partial charge in [0.05, 0.1) is 17.2 Å². The maximum atomic E-state index is 12.2. The summed E-state index contributed by atoms with van der Waals surface area (Å²) in [5, 5.41) is 7.17. The lowest BCUT2D eigenvalue weighted by Crippen LogP contribution is -2.38. The van der Waals surface area contributed by atoms with E-state index in [-0.39, 0.29) is 5.91 Å². The molecule has 94 valence electrons. The normalized spacial score (nSPS) is 16.5. The van der Waals surface area contributed by atoms with Crippen molar-refractivity contribution < 1.29 is 4.79 Å². The third-order valence-corrected chi connectivity index (χ3v) is 3.65. The molecule has 18 heavy (non-hydrogen) atoms. The molecule has 0 aliphatic heterocycles. The first-order valence-electron chi connectivity index (χ1n) is 5.82. The van der Waals surface area contributed by atoms with Crippen LogP contribution in [-0.2, 0) is 16.9 Å². The van der Waals surface area contributed by atoms with Crippen molar-refractivity contribution in [2.45, 2.75) is 24.9 Å². The smallest absolute Gasteiger partial charge is 0.248 e. The van der Waals surface area contributed by atoms with Crippen LogP contribution in [-0.4, -0.2) is 20.7 Å². The number of hydrogen-bond acceptors (Lipinski definition) is 2. The van der Waals surface area contributed by atoms with Crippen LogP contribution in [0.15, 0.2) is 35.2 Å². The molecule has 0 radical (unpaired) electrons. The van der Waals surface area contributed by atoms with Crippen LogP contribution in [0.4, 0.5) is 0 Å². The molecule has 0 atom stereocenters. The third kappa shape index (κ3) is 1.96. The predicted octanol–water partition coefficient (Wildman–Crippen LogP) is 1.78. The van der Waals surface area contributed by atoms with E-state index in [9.17, 15) is 4.79 Å². The van der Waals surface area contributed by atoms with Crippen molar-refractivity contribution in [1.29, 1.82) is 0 Å². The zero-order valence-corrected chi connectivity index (χ0v) is 11.3. The van der Waals surface area contributed by atoms with Crippen molar-refractivity contribution in [3.63, 3.8) is 0 Å². The Labute approximate surface area is 113 Å². The number of aromatic nitrogens is 3. The fraction of sp³-hybridized carbons (Fsp3) is 0.333. The minimum absolute atomic E-state index is 0.0349. The number of aromatic amines is 1. The molecule has 0 unspecified atom stereocenters. The molecular formula is C12H13BrN4O. The molecular weight excluding hydrogens is 296 g/mol. The van der Waals surface area contributed by atoms with Crippen molar-refractivity contribution in [3.05, 3.63) is 40.9 Å². The van der Waals surface area contributed by atoms with Crippen LogP contribution >= 0.6 is 15.9 Å². The lowest BCUT2D eigenvalue weighted by Gasteiger charge is -2.15. The molecule has 0 spiro atoms. The van der Waals surface area contributed by atoms with Crippen LogP contribution in [0.2, 0.25) is 0 Å². The number of nitrogens with one attached hydrogen (secondary N) is 2. The number of amides is 1. The first-order chi connectivity index (χ1) is 8.71. The Bertz CT molecular complexity index is 556. The van der Waals surface area contributed by atoms with E-state index in [1.165, 1.54) is 0 Å². The van der Waals surface area contributed by atoms with Crippen LogP contribution in [0.5, 0.6) is 0 Å². The van der Waals surface area contributed by atoms with Gasteiger partial charge in [0, 0.05) is 18.1 Å². The molecule has 6 heteroatoms. The van der Waals surface area contributed by atoms with Crippen molar-refractivity contribution in [1.82, 2.24) is 20.1 Å². The summed E-state index contributed by atoms with van der Waals surface area (Å²) >= 11 is 3.35. The van der Waals surface area contributed by atoms with Gasteiger partial charge >= 0.3 is 0 Å². The summed E-state index contributed by atoms with van der Waals surface area (Å²) in [7, 11) is 0. The van der Waals surface area contributed by atoms with Gasteiger partial charge < -0.3 is 10.3 Å². The summed E-state index contributed by atoms with van der Waals surface area (Å²) in [5.74, 6) is 0.0349. The largest absolute Gasteiger partial charge is 0.364 e. The molecule has 2 aromatic rings. The number of carbonyl (C=O) groups is 1. The molecule has 5 nitrogen and oxygen atoms in total. The highest BCUT2D eigenvalue weighted by molar-refractivity contribution is 9.10. The SMILES string of the molecule is O=C(NCc1ccc[nH]1)C1(n2cc(Br)cn2)CC1. The monoisotopic (exact) mass is 308 g/mol. The summed E-state index contributed by atoms with van der Waals surface area (Å²) in [4.78, 5) is 15.3. The second kappa shape index (κ2) is 4.28. The molecule has 1 amide bonds. The lowest BCUT2D eigenvalue weighted by atomic mass is 10.2. The van der Waals surface area contributed by atoms with Crippen molar-refractivity contribution in [2.24, 2.45) is 0 Å². The van der Waals surface area contributed by atoms with Gasteiger partial charge in [0.2, 0.25) is 5.91 Å².